The van der Waals surface area contributed by atoms with Crippen molar-refractivity contribution >= 4 is 16.9 Å². The highest BCUT2D eigenvalue weighted by Crippen LogP contribution is 2.19. The second-order valence-corrected chi connectivity index (χ2v) is 4.97. The predicted molar refractivity (Wildman–Crippen MR) is 75.1 cm³/mol. The van der Waals surface area contributed by atoms with Crippen molar-refractivity contribution in [3.63, 3.8) is 0 Å². The van der Waals surface area contributed by atoms with Gasteiger partial charge < -0.3 is 9.80 Å². The van der Waals surface area contributed by atoms with Crippen LogP contribution in [-0.4, -0.2) is 53.9 Å². The van der Waals surface area contributed by atoms with Gasteiger partial charge in [0.15, 0.2) is 5.65 Å². The van der Waals surface area contributed by atoms with Gasteiger partial charge in [0.1, 0.15) is 5.82 Å². The summed E-state index contributed by atoms with van der Waals surface area (Å²) in [5.41, 5.74) is 1.98. The fourth-order valence-corrected chi connectivity index (χ4v) is 1.97. The molecule has 2 aromatic heterocycles. The predicted octanol–water partition coefficient (Wildman–Crippen LogP) is 1.27. The van der Waals surface area contributed by atoms with Crippen LogP contribution in [0.25, 0.3) is 11.0 Å². The Balaban J connectivity index is 2.26. The first kappa shape index (κ1) is 12.8. The molecular formula is C13H21N5. The lowest BCUT2D eigenvalue weighted by Crippen LogP contribution is -2.29. The molecule has 0 aliphatic heterocycles. The smallest absolute Gasteiger partial charge is 0.160 e. The first-order valence-electron chi connectivity index (χ1n) is 6.15. The summed E-state index contributed by atoms with van der Waals surface area (Å²) in [4.78, 5) is 9.02. The van der Waals surface area contributed by atoms with Crippen LogP contribution in [0.3, 0.4) is 0 Å². The molecule has 0 saturated heterocycles. The maximum absolute atomic E-state index is 4.68. The zero-order chi connectivity index (χ0) is 13.3. The topological polar surface area (TPSA) is 37.2 Å². The molecule has 0 amide bonds. The van der Waals surface area contributed by atoms with Crippen molar-refractivity contribution in [2.24, 2.45) is 7.05 Å². The SMILES string of the molecule is Cc1nn(C)c2nc(N(C)CCN(C)C)ccc12. The first-order valence-corrected chi connectivity index (χ1v) is 6.15. The Morgan fingerprint density at radius 2 is 1.89 bits per heavy atom. The Hall–Kier alpha value is -1.62. The molecule has 0 N–H and O–H groups in total. The number of hydrogen-bond donors (Lipinski definition) is 0. The van der Waals surface area contributed by atoms with Crippen LogP contribution in [-0.2, 0) is 7.05 Å². The summed E-state index contributed by atoms with van der Waals surface area (Å²) in [5, 5.41) is 5.52. The van der Waals surface area contributed by atoms with Gasteiger partial charge in [0.25, 0.3) is 0 Å². The van der Waals surface area contributed by atoms with Crippen molar-refractivity contribution in [3.05, 3.63) is 17.8 Å². The second-order valence-electron chi connectivity index (χ2n) is 4.97. The molecule has 0 spiro atoms. The lowest BCUT2D eigenvalue weighted by molar-refractivity contribution is 0.416. The summed E-state index contributed by atoms with van der Waals surface area (Å²) in [6.45, 7) is 3.99. The van der Waals surface area contributed by atoms with Crippen molar-refractivity contribution in [1.29, 1.82) is 0 Å². The first-order chi connectivity index (χ1) is 8.49. The Morgan fingerprint density at radius 3 is 2.56 bits per heavy atom. The molecule has 0 atom stereocenters. The van der Waals surface area contributed by atoms with Crippen LogP contribution < -0.4 is 4.90 Å². The largest absolute Gasteiger partial charge is 0.358 e. The minimum atomic E-state index is 0.946. The van der Waals surface area contributed by atoms with Crippen LogP contribution in [0.4, 0.5) is 5.82 Å². The summed E-state index contributed by atoms with van der Waals surface area (Å²) in [6, 6.07) is 4.17. The van der Waals surface area contributed by atoms with E-state index in [0.717, 1.165) is 35.6 Å². The van der Waals surface area contributed by atoms with E-state index in [9.17, 15) is 0 Å². The van der Waals surface area contributed by atoms with Gasteiger partial charge in [-0.2, -0.15) is 5.10 Å². The average Bonchev–Trinajstić information content (AvgIpc) is 2.61. The van der Waals surface area contributed by atoms with Gasteiger partial charge in [-0.3, -0.25) is 4.68 Å². The molecule has 0 aliphatic rings. The van der Waals surface area contributed by atoms with Gasteiger partial charge in [-0.25, -0.2) is 4.98 Å². The maximum atomic E-state index is 4.68. The lowest BCUT2D eigenvalue weighted by Gasteiger charge is -2.20. The molecule has 0 bridgehead atoms. The molecule has 2 aromatic rings. The van der Waals surface area contributed by atoms with Crippen LogP contribution in [0.15, 0.2) is 12.1 Å². The summed E-state index contributed by atoms with van der Waals surface area (Å²) in [6.07, 6.45) is 0. The minimum absolute atomic E-state index is 0.946. The number of hydrogen-bond acceptors (Lipinski definition) is 4. The van der Waals surface area contributed by atoms with E-state index in [0.29, 0.717) is 0 Å². The maximum Gasteiger partial charge on any atom is 0.160 e. The molecule has 0 saturated carbocycles. The highest BCUT2D eigenvalue weighted by atomic mass is 15.3. The molecule has 0 aliphatic carbocycles. The van der Waals surface area contributed by atoms with Gasteiger partial charge >= 0.3 is 0 Å². The standard InChI is InChI=1S/C13H21N5/c1-10-11-6-7-12(14-13(11)18(5)15-10)17(4)9-8-16(2)3/h6-7H,8-9H2,1-5H3. The molecular weight excluding hydrogens is 226 g/mol. The molecule has 0 aromatic carbocycles. The van der Waals surface area contributed by atoms with Gasteiger partial charge in [-0.15, -0.1) is 0 Å². The summed E-state index contributed by atoms with van der Waals surface area (Å²) >= 11 is 0. The van der Waals surface area contributed by atoms with E-state index >= 15 is 0 Å². The van der Waals surface area contributed by atoms with Gasteiger partial charge in [0.05, 0.1) is 5.69 Å². The van der Waals surface area contributed by atoms with E-state index in [2.05, 4.69) is 53.2 Å². The monoisotopic (exact) mass is 247 g/mol. The number of rotatable bonds is 4. The van der Waals surface area contributed by atoms with E-state index in [1.807, 2.05) is 18.7 Å². The number of aromatic nitrogens is 3. The van der Waals surface area contributed by atoms with Crippen LogP contribution in [0, 0.1) is 6.92 Å². The van der Waals surface area contributed by atoms with Crippen molar-refractivity contribution in [3.8, 4) is 0 Å². The fraction of sp³-hybridized carbons (Fsp3) is 0.538. The van der Waals surface area contributed by atoms with Crippen molar-refractivity contribution < 1.29 is 0 Å². The Bertz CT molecular complexity index is 544. The van der Waals surface area contributed by atoms with Crippen LogP contribution in [0.1, 0.15) is 5.69 Å². The van der Waals surface area contributed by atoms with E-state index < -0.39 is 0 Å². The third-order valence-corrected chi connectivity index (χ3v) is 3.13. The zero-order valence-corrected chi connectivity index (χ0v) is 11.8. The quantitative estimate of drug-likeness (QED) is 0.815. The summed E-state index contributed by atoms with van der Waals surface area (Å²) < 4.78 is 1.84. The molecule has 98 valence electrons. The normalized spacial score (nSPS) is 11.4. The van der Waals surface area contributed by atoms with E-state index in [1.165, 1.54) is 0 Å². The number of anilines is 1. The lowest BCUT2D eigenvalue weighted by atomic mass is 10.3. The minimum Gasteiger partial charge on any atom is -0.358 e. The van der Waals surface area contributed by atoms with Gasteiger partial charge in [-0.05, 0) is 33.2 Å². The second kappa shape index (κ2) is 4.94. The van der Waals surface area contributed by atoms with Crippen molar-refractivity contribution in [1.82, 2.24) is 19.7 Å². The molecule has 0 radical (unpaired) electrons. The zero-order valence-electron chi connectivity index (χ0n) is 11.8. The number of aryl methyl sites for hydroxylation is 2. The van der Waals surface area contributed by atoms with Crippen molar-refractivity contribution in [2.45, 2.75) is 6.92 Å². The van der Waals surface area contributed by atoms with E-state index in [1.54, 1.807) is 0 Å². The number of pyridine rings is 1. The summed E-state index contributed by atoms with van der Waals surface area (Å²) in [5.74, 6) is 0.993. The van der Waals surface area contributed by atoms with E-state index in [4.69, 9.17) is 0 Å². The van der Waals surface area contributed by atoms with E-state index in [-0.39, 0.29) is 0 Å². The molecule has 18 heavy (non-hydrogen) atoms. The molecule has 0 fully saturated rings. The number of likely N-dealkylation sites (N-methyl/N-ethyl adjacent to an activating group) is 2. The highest BCUT2D eigenvalue weighted by molar-refractivity contribution is 5.79. The van der Waals surface area contributed by atoms with Crippen molar-refractivity contribution in [2.75, 3.05) is 39.1 Å². The van der Waals surface area contributed by atoms with Gasteiger partial charge in [-0.1, -0.05) is 0 Å². The molecule has 0 unspecified atom stereocenters. The van der Waals surface area contributed by atoms with Gasteiger partial charge in [0.2, 0.25) is 0 Å². The Labute approximate surface area is 108 Å². The number of nitrogens with zero attached hydrogens (tertiary/aromatic N) is 5. The summed E-state index contributed by atoms with van der Waals surface area (Å²) in [7, 11) is 8.16. The average molecular weight is 247 g/mol. The highest BCUT2D eigenvalue weighted by Gasteiger charge is 2.09. The third kappa shape index (κ3) is 2.46. The Kier molecular flexibility index (Phi) is 3.52. The van der Waals surface area contributed by atoms with Crippen LogP contribution in [0.2, 0.25) is 0 Å². The number of fused-ring (bicyclic) bond motifs is 1. The molecule has 5 heteroatoms. The molecule has 5 nitrogen and oxygen atoms in total. The molecule has 2 rings (SSSR count). The molecule has 2 heterocycles. The van der Waals surface area contributed by atoms with Gasteiger partial charge in [0, 0.05) is 32.6 Å². The van der Waals surface area contributed by atoms with Crippen LogP contribution >= 0.6 is 0 Å². The fourth-order valence-electron chi connectivity index (χ4n) is 1.97. The van der Waals surface area contributed by atoms with Crippen LogP contribution in [0.5, 0.6) is 0 Å². The third-order valence-electron chi connectivity index (χ3n) is 3.13. The Morgan fingerprint density at radius 1 is 1.17 bits per heavy atom.